The molecule has 0 radical (unpaired) electrons. The van der Waals surface area contributed by atoms with Gasteiger partial charge in [0.15, 0.2) is 0 Å². The van der Waals surface area contributed by atoms with E-state index in [0.29, 0.717) is 25.1 Å². The van der Waals surface area contributed by atoms with Crippen LogP contribution in [0.25, 0.3) is 0 Å². The van der Waals surface area contributed by atoms with Gasteiger partial charge in [-0.3, -0.25) is 9.59 Å². The summed E-state index contributed by atoms with van der Waals surface area (Å²) in [6, 6.07) is 5.99. The van der Waals surface area contributed by atoms with Crippen molar-refractivity contribution in [2.75, 3.05) is 13.1 Å². The number of carbonyl (C=O) groups is 2. The van der Waals surface area contributed by atoms with Gasteiger partial charge in [-0.1, -0.05) is 18.2 Å². The molecule has 1 unspecified atom stereocenters. The van der Waals surface area contributed by atoms with Gasteiger partial charge >= 0.3 is 0 Å². The molecule has 1 atom stereocenters. The molecule has 1 aromatic carbocycles. The van der Waals surface area contributed by atoms with Crippen molar-refractivity contribution in [2.45, 2.75) is 25.8 Å². The number of nitrogens with zero attached hydrogens (tertiary/aromatic N) is 1. The van der Waals surface area contributed by atoms with Crippen molar-refractivity contribution < 1.29 is 14.0 Å². The first-order chi connectivity index (χ1) is 9.09. The Hall–Kier alpha value is -1.91. The molecule has 1 heterocycles. The summed E-state index contributed by atoms with van der Waals surface area (Å²) in [6.45, 7) is 2.70. The first-order valence-electron chi connectivity index (χ1n) is 6.40. The molecule has 19 heavy (non-hydrogen) atoms. The zero-order valence-electron chi connectivity index (χ0n) is 10.9. The average Bonchev–Trinajstić information content (AvgIpc) is 2.40. The highest BCUT2D eigenvalue weighted by molar-refractivity contribution is 5.88. The van der Waals surface area contributed by atoms with Crippen LogP contribution in [0.15, 0.2) is 24.3 Å². The molecule has 0 spiro atoms. The van der Waals surface area contributed by atoms with Gasteiger partial charge in [-0.05, 0) is 25.0 Å². The maximum atomic E-state index is 13.4. The normalized spacial score (nSPS) is 19.2. The van der Waals surface area contributed by atoms with Crippen LogP contribution >= 0.6 is 0 Å². The van der Waals surface area contributed by atoms with E-state index < -0.39 is 6.04 Å². The van der Waals surface area contributed by atoms with Gasteiger partial charge in [0.2, 0.25) is 11.8 Å². The lowest BCUT2D eigenvalue weighted by Gasteiger charge is -2.32. The zero-order valence-corrected chi connectivity index (χ0v) is 10.9. The van der Waals surface area contributed by atoms with Gasteiger partial charge in [0.1, 0.15) is 11.9 Å². The number of amides is 2. The van der Waals surface area contributed by atoms with Gasteiger partial charge in [0.05, 0.1) is 0 Å². The quantitative estimate of drug-likeness (QED) is 0.889. The number of hydrogen-bond acceptors (Lipinski definition) is 2. The van der Waals surface area contributed by atoms with Gasteiger partial charge in [-0.25, -0.2) is 4.39 Å². The standard InChI is InChI=1S/C14H17FN2O2/c1-10-14(19)16-8-9-17(10)13(18)7-6-11-4-2-3-5-12(11)15/h2-5,10H,6-9H2,1H3,(H,16,19). The Morgan fingerprint density at radius 2 is 2.21 bits per heavy atom. The van der Waals surface area contributed by atoms with E-state index in [-0.39, 0.29) is 24.1 Å². The van der Waals surface area contributed by atoms with E-state index in [4.69, 9.17) is 0 Å². The minimum atomic E-state index is -0.443. The number of hydrogen-bond donors (Lipinski definition) is 1. The molecule has 1 aromatic rings. The molecule has 0 saturated carbocycles. The topological polar surface area (TPSA) is 49.4 Å². The smallest absolute Gasteiger partial charge is 0.242 e. The number of carbonyl (C=O) groups excluding carboxylic acids is 2. The molecule has 2 amide bonds. The van der Waals surface area contributed by atoms with Crippen molar-refractivity contribution >= 4 is 11.8 Å². The van der Waals surface area contributed by atoms with Gasteiger partial charge in [0, 0.05) is 19.5 Å². The van der Waals surface area contributed by atoms with Crippen LogP contribution < -0.4 is 5.32 Å². The van der Waals surface area contributed by atoms with Gasteiger partial charge < -0.3 is 10.2 Å². The average molecular weight is 264 g/mol. The van der Waals surface area contributed by atoms with Crippen molar-refractivity contribution in [3.8, 4) is 0 Å². The van der Waals surface area contributed by atoms with Crippen LogP contribution in [-0.2, 0) is 16.0 Å². The molecule has 1 aliphatic heterocycles. The Balaban J connectivity index is 1.94. The summed E-state index contributed by atoms with van der Waals surface area (Å²) < 4.78 is 13.4. The van der Waals surface area contributed by atoms with Crippen LogP contribution in [0.3, 0.4) is 0 Å². The molecule has 0 aromatic heterocycles. The van der Waals surface area contributed by atoms with E-state index in [0.717, 1.165) is 0 Å². The second-order valence-electron chi connectivity index (χ2n) is 4.65. The van der Waals surface area contributed by atoms with Crippen molar-refractivity contribution in [1.82, 2.24) is 10.2 Å². The number of aryl methyl sites for hydroxylation is 1. The third-order valence-corrected chi connectivity index (χ3v) is 3.39. The molecular formula is C14H17FN2O2. The summed E-state index contributed by atoms with van der Waals surface area (Å²) in [5.74, 6) is -0.532. The highest BCUT2D eigenvalue weighted by Gasteiger charge is 2.28. The van der Waals surface area contributed by atoms with E-state index >= 15 is 0 Å². The van der Waals surface area contributed by atoms with Crippen LogP contribution in [0.5, 0.6) is 0 Å². The van der Waals surface area contributed by atoms with Crippen LogP contribution in [-0.4, -0.2) is 35.8 Å². The molecule has 1 aliphatic rings. The van der Waals surface area contributed by atoms with Crippen LogP contribution in [0.2, 0.25) is 0 Å². The fourth-order valence-corrected chi connectivity index (χ4v) is 2.21. The van der Waals surface area contributed by atoms with Crippen LogP contribution in [0.1, 0.15) is 18.9 Å². The maximum Gasteiger partial charge on any atom is 0.242 e. The number of nitrogens with one attached hydrogen (secondary N) is 1. The predicted molar refractivity (Wildman–Crippen MR) is 68.9 cm³/mol. The second kappa shape index (κ2) is 5.82. The summed E-state index contributed by atoms with van der Waals surface area (Å²) in [5, 5.41) is 2.71. The highest BCUT2D eigenvalue weighted by Crippen LogP contribution is 2.12. The number of rotatable bonds is 3. The first kappa shape index (κ1) is 13.5. The third-order valence-electron chi connectivity index (χ3n) is 3.39. The van der Waals surface area contributed by atoms with Crippen molar-refractivity contribution in [3.05, 3.63) is 35.6 Å². The predicted octanol–water partition coefficient (Wildman–Crippen LogP) is 1.11. The Bertz CT molecular complexity index is 490. The van der Waals surface area contributed by atoms with Crippen molar-refractivity contribution in [3.63, 3.8) is 0 Å². The van der Waals surface area contributed by atoms with E-state index in [1.165, 1.54) is 6.07 Å². The van der Waals surface area contributed by atoms with E-state index in [2.05, 4.69) is 5.32 Å². The monoisotopic (exact) mass is 264 g/mol. The van der Waals surface area contributed by atoms with Crippen molar-refractivity contribution in [2.24, 2.45) is 0 Å². The fraction of sp³-hybridized carbons (Fsp3) is 0.429. The summed E-state index contributed by atoms with van der Waals surface area (Å²) in [4.78, 5) is 25.1. The summed E-state index contributed by atoms with van der Waals surface area (Å²) in [5.41, 5.74) is 0.532. The van der Waals surface area contributed by atoms with Crippen molar-refractivity contribution in [1.29, 1.82) is 0 Å². The van der Waals surface area contributed by atoms with Gasteiger partial charge in [0.25, 0.3) is 0 Å². The lowest BCUT2D eigenvalue weighted by Crippen LogP contribution is -2.55. The number of benzene rings is 1. The zero-order chi connectivity index (χ0) is 13.8. The van der Waals surface area contributed by atoms with Gasteiger partial charge in [-0.2, -0.15) is 0 Å². The highest BCUT2D eigenvalue weighted by atomic mass is 19.1. The maximum absolute atomic E-state index is 13.4. The lowest BCUT2D eigenvalue weighted by molar-refractivity contribution is -0.142. The number of halogens is 1. The Morgan fingerprint density at radius 1 is 1.47 bits per heavy atom. The fourth-order valence-electron chi connectivity index (χ4n) is 2.21. The molecule has 102 valence electrons. The van der Waals surface area contributed by atoms with Crippen LogP contribution in [0, 0.1) is 5.82 Å². The summed E-state index contributed by atoms with van der Waals surface area (Å²) in [7, 11) is 0. The molecular weight excluding hydrogens is 247 g/mol. The molecule has 1 saturated heterocycles. The number of piperazine rings is 1. The largest absolute Gasteiger partial charge is 0.353 e. The molecule has 1 N–H and O–H groups in total. The Morgan fingerprint density at radius 3 is 2.95 bits per heavy atom. The first-order valence-corrected chi connectivity index (χ1v) is 6.40. The Kier molecular flexibility index (Phi) is 4.14. The molecule has 1 fully saturated rings. The molecule has 2 rings (SSSR count). The SMILES string of the molecule is CC1C(=O)NCCN1C(=O)CCc1ccccc1F. The second-order valence-corrected chi connectivity index (χ2v) is 4.65. The minimum absolute atomic E-state index is 0.106. The van der Waals surface area contributed by atoms with Crippen LogP contribution in [0.4, 0.5) is 4.39 Å². The summed E-state index contributed by atoms with van der Waals surface area (Å²) >= 11 is 0. The Labute approximate surface area is 111 Å². The molecule has 0 aliphatic carbocycles. The summed E-state index contributed by atoms with van der Waals surface area (Å²) in [6.07, 6.45) is 0.578. The molecule has 5 heteroatoms. The van der Waals surface area contributed by atoms with Gasteiger partial charge in [-0.15, -0.1) is 0 Å². The van der Waals surface area contributed by atoms with E-state index in [1.807, 2.05) is 0 Å². The van der Waals surface area contributed by atoms with E-state index in [1.54, 1.807) is 30.0 Å². The van der Waals surface area contributed by atoms with E-state index in [9.17, 15) is 14.0 Å². The minimum Gasteiger partial charge on any atom is -0.353 e. The molecule has 4 nitrogen and oxygen atoms in total. The lowest BCUT2D eigenvalue weighted by atomic mass is 10.1. The third kappa shape index (κ3) is 3.10. The molecule has 0 bridgehead atoms.